The van der Waals surface area contributed by atoms with Crippen LogP contribution in [0.15, 0.2) is 82.5 Å². The molecule has 5 rings (SSSR count). The van der Waals surface area contributed by atoms with Crippen molar-refractivity contribution in [2.45, 2.75) is 25.3 Å². The number of fused-ring (bicyclic) bond motifs is 2. The molecule has 0 radical (unpaired) electrons. The smallest absolute Gasteiger partial charge is 0.191 e. The van der Waals surface area contributed by atoms with Crippen molar-refractivity contribution >= 4 is 16.9 Å². The summed E-state index contributed by atoms with van der Waals surface area (Å²) in [5.74, 6) is 2.71. The van der Waals surface area contributed by atoms with Crippen LogP contribution in [0.3, 0.4) is 0 Å². The second-order valence-corrected chi connectivity index (χ2v) is 7.97. The molecule has 0 saturated heterocycles. The van der Waals surface area contributed by atoms with Gasteiger partial charge in [0.05, 0.1) is 18.9 Å². The molecule has 3 heterocycles. The molecule has 1 aliphatic heterocycles. The number of guanidine groups is 1. The van der Waals surface area contributed by atoms with E-state index in [-0.39, 0.29) is 6.04 Å². The maximum atomic E-state index is 5.82. The summed E-state index contributed by atoms with van der Waals surface area (Å²) in [6.45, 7) is 2.14. The van der Waals surface area contributed by atoms with E-state index in [9.17, 15) is 0 Å². The van der Waals surface area contributed by atoms with E-state index in [1.165, 1.54) is 22.0 Å². The molecule has 164 valence electrons. The first kappa shape index (κ1) is 20.2. The number of aliphatic imine (C=N–C) groups is 1. The molecule has 1 unspecified atom stereocenters. The minimum atomic E-state index is 0.169. The number of nitrogens with zero attached hydrogens (tertiary/aromatic N) is 1. The van der Waals surface area contributed by atoms with Crippen LogP contribution in [0.5, 0.6) is 5.75 Å². The summed E-state index contributed by atoms with van der Waals surface area (Å²) in [6, 6.07) is 20.7. The van der Waals surface area contributed by atoms with E-state index in [0.717, 1.165) is 43.3 Å². The molecular formula is C26H28N4O2. The van der Waals surface area contributed by atoms with Crippen LogP contribution in [-0.4, -0.2) is 30.6 Å². The number of H-pyrrole nitrogens is 1. The zero-order chi connectivity index (χ0) is 21.6. The average Bonchev–Trinajstić information content (AvgIpc) is 3.49. The summed E-state index contributed by atoms with van der Waals surface area (Å²) in [4.78, 5) is 8.19. The normalized spacial score (nSPS) is 15.9. The maximum Gasteiger partial charge on any atom is 0.191 e. The van der Waals surface area contributed by atoms with Crippen LogP contribution in [0.25, 0.3) is 10.9 Å². The molecule has 4 aromatic rings. The Morgan fingerprint density at radius 2 is 1.94 bits per heavy atom. The Balaban J connectivity index is 1.27. The Labute approximate surface area is 187 Å². The fourth-order valence-electron chi connectivity index (χ4n) is 4.20. The molecule has 0 amide bonds. The molecule has 1 atom stereocenters. The number of ether oxygens (including phenoxy) is 1. The zero-order valence-electron chi connectivity index (χ0n) is 18.0. The van der Waals surface area contributed by atoms with E-state index in [1.54, 1.807) is 6.26 Å². The Hall–Kier alpha value is -3.67. The first-order chi connectivity index (χ1) is 15.9. The van der Waals surface area contributed by atoms with Gasteiger partial charge in [0.1, 0.15) is 11.5 Å². The second kappa shape index (κ2) is 9.64. The van der Waals surface area contributed by atoms with Gasteiger partial charge in [-0.1, -0.05) is 36.4 Å². The highest BCUT2D eigenvalue weighted by atomic mass is 16.5. The second-order valence-electron chi connectivity index (χ2n) is 7.97. The van der Waals surface area contributed by atoms with Crippen LogP contribution in [0.2, 0.25) is 0 Å². The highest BCUT2D eigenvalue weighted by Gasteiger charge is 2.22. The Bertz CT molecular complexity index is 1180. The third kappa shape index (κ3) is 4.64. The number of para-hydroxylation sites is 2. The van der Waals surface area contributed by atoms with Crippen molar-refractivity contribution in [3.05, 3.63) is 90.0 Å². The van der Waals surface area contributed by atoms with E-state index < -0.39 is 0 Å². The van der Waals surface area contributed by atoms with Crippen LogP contribution in [0, 0.1) is 0 Å². The lowest BCUT2D eigenvalue weighted by Gasteiger charge is -2.28. The lowest BCUT2D eigenvalue weighted by Crippen LogP contribution is -2.42. The maximum absolute atomic E-state index is 5.82. The number of hydrogen-bond donors (Lipinski definition) is 3. The van der Waals surface area contributed by atoms with Crippen molar-refractivity contribution in [3.63, 3.8) is 0 Å². The summed E-state index contributed by atoms with van der Waals surface area (Å²) in [5.41, 5.74) is 3.65. The van der Waals surface area contributed by atoms with Crippen molar-refractivity contribution < 1.29 is 9.15 Å². The molecule has 1 aliphatic rings. The lowest BCUT2D eigenvalue weighted by molar-refractivity contribution is 0.261. The fraction of sp³-hybridized carbons (Fsp3) is 0.269. The Morgan fingerprint density at radius 3 is 2.88 bits per heavy atom. The minimum absolute atomic E-state index is 0.169. The van der Waals surface area contributed by atoms with Gasteiger partial charge in [-0.05, 0) is 36.2 Å². The van der Waals surface area contributed by atoms with Crippen LogP contribution in [-0.2, 0) is 12.8 Å². The molecule has 0 saturated carbocycles. The van der Waals surface area contributed by atoms with Crippen molar-refractivity contribution in [2.75, 3.05) is 19.7 Å². The molecule has 0 fully saturated rings. The number of hydrogen-bond acceptors (Lipinski definition) is 3. The standard InChI is InChI=1S/C26H28N4O2/c1-3-9-23-21(7-1)19(18-29-23)11-14-27-26(28-15-12-20-6-5-16-31-20)30-24-13-17-32-25-10-4-2-8-22(24)25/h1-10,16,18,24,29H,11-15,17H2,(H2,27,28,30). The number of nitrogens with one attached hydrogen (secondary N) is 3. The minimum Gasteiger partial charge on any atom is -0.493 e. The van der Waals surface area contributed by atoms with E-state index in [2.05, 4.69) is 58.2 Å². The van der Waals surface area contributed by atoms with Gasteiger partial charge in [0.15, 0.2) is 5.96 Å². The highest BCUT2D eigenvalue weighted by molar-refractivity contribution is 5.83. The highest BCUT2D eigenvalue weighted by Crippen LogP contribution is 2.31. The van der Waals surface area contributed by atoms with E-state index in [4.69, 9.17) is 14.1 Å². The summed E-state index contributed by atoms with van der Waals surface area (Å²) in [7, 11) is 0. The number of aromatic amines is 1. The molecule has 0 spiro atoms. The molecule has 32 heavy (non-hydrogen) atoms. The van der Waals surface area contributed by atoms with E-state index in [1.807, 2.05) is 24.3 Å². The number of benzene rings is 2. The molecule has 2 aromatic heterocycles. The molecule has 2 aromatic carbocycles. The third-order valence-corrected chi connectivity index (χ3v) is 5.84. The predicted octanol–water partition coefficient (Wildman–Crippen LogP) is 4.61. The topological polar surface area (TPSA) is 74.6 Å². The summed E-state index contributed by atoms with van der Waals surface area (Å²) < 4.78 is 11.3. The number of aromatic nitrogens is 1. The average molecular weight is 429 g/mol. The van der Waals surface area contributed by atoms with Gasteiger partial charge in [-0.15, -0.1) is 0 Å². The van der Waals surface area contributed by atoms with Gasteiger partial charge in [-0.25, -0.2) is 0 Å². The van der Waals surface area contributed by atoms with Crippen molar-refractivity contribution in [1.29, 1.82) is 0 Å². The summed E-state index contributed by atoms with van der Waals surface area (Å²) >= 11 is 0. The van der Waals surface area contributed by atoms with Crippen LogP contribution >= 0.6 is 0 Å². The quantitative estimate of drug-likeness (QED) is 0.297. The van der Waals surface area contributed by atoms with Crippen molar-refractivity contribution in [2.24, 2.45) is 4.99 Å². The molecule has 6 nitrogen and oxygen atoms in total. The van der Waals surface area contributed by atoms with Gasteiger partial charge in [0.25, 0.3) is 0 Å². The van der Waals surface area contributed by atoms with Crippen molar-refractivity contribution in [1.82, 2.24) is 15.6 Å². The van der Waals surface area contributed by atoms with Crippen LogP contribution in [0.1, 0.15) is 29.3 Å². The first-order valence-corrected chi connectivity index (χ1v) is 11.2. The lowest BCUT2D eigenvalue weighted by atomic mass is 10.0. The van der Waals surface area contributed by atoms with Gasteiger partial charge in [0.2, 0.25) is 0 Å². The van der Waals surface area contributed by atoms with Crippen LogP contribution in [0.4, 0.5) is 0 Å². The Kier molecular flexibility index (Phi) is 6.10. The largest absolute Gasteiger partial charge is 0.493 e. The van der Waals surface area contributed by atoms with E-state index >= 15 is 0 Å². The molecule has 3 N–H and O–H groups in total. The predicted molar refractivity (Wildman–Crippen MR) is 127 cm³/mol. The van der Waals surface area contributed by atoms with Gasteiger partial charge in [-0.2, -0.15) is 0 Å². The SMILES string of the molecule is c1coc(CCN=C(NCCc2c[nH]c3ccccc23)NC2CCOc3ccccc32)c1. The van der Waals surface area contributed by atoms with Gasteiger partial charge >= 0.3 is 0 Å². The number of furan rings is 1. The first-order valence-electron chi connectivity index (χ1n) is 11.2. The summed E-state index contributed by atoms with van der Waals surface area (Å²) in [6.07, 6.45) is 6.39. The Morgan fingerprint density at radius 1 is 1.03 bits per heavy atom. The van der Waals surface area contributed by atoms with Crippen LogP contribution < -0.4 is 15.4 Å². The third-order valence-electron chi connectivity index (χ3n) is 5.84. The molecular weight excluding hydrogens is 400 g/mol. The molecule has 0 bridgehead atoms. The summed E-state index contributed by atoms with van der Waals surface area (Å²) in [5, 5.41) is 8.44. The van der Waals surface area contributed by atoms with Gasteiger partial charge in [-0.3, -0.25) is 4.99 Å². The monoisotopic (exact) mass is 428 g/mol. The molecule has 6 heteroatoms. The van der Waals surface area contributed by atoms with Gasteiger partial charge in [0, 0.05) is 48.6 Å². The number of rotatable bonds is 7. The molecule has 0 aliphatic carbocycles. The zero-order valence-corrected chi connectivity index (χ0v) is 18.0. The van der Waals surface area contributed by atoms with Crippen molar-refractivity contribution in [3.8, 4) is 5.75 Å². The fourth-order valence-corrected chi connectivity index (χ4v) is 4.20. The van der Waals surface area contributed by atoms with E-state index in [0.29, 0.717) is 13.2 Å². The van der Waals surface area contributed by atoms with Gasteiger partial charge < -0.3 is 24.8 Å².